The molecule has 1 nitrogen and oxygen atoms in total. The van der Waals surface area contributed by atoms with E-state index < -0.39 is 6.26 Å². The molecule has 0 heterocycles. The van der Waals surface area contributed by atoms with Gasteiger partial charge in [-0.1, -0.05) is 50.3 Å². The minimum atomic E-state index is -2.49. The number of aryl methyl sites for hydroxylation is 3. The Morgan fingerprint density at radius 3 is 1.75 bits per heavy atom. The Morgan fingerprint density at radius 2 is 1.44 bits per heavy atom. The molecule has 0 radical (unpaired) electrons. The highest BCUT2D eigenvalue weighted by Crippen LogP contribution is 2.54. The number of benzene rings is 1. The van der Waals surface area contributed by atoms with Crippen molar-refractivity contribution >= 4 is 23.4 Å². The summed E-state index contributed by atoms with van der Waals surface area (Å²) in [5.74, 6) is 0. The van der Waals surface area contributed by atoms with Gasteiger partial charge >= 0.3 is 0 Å². The summed E-state index contributed by atoms with van der Waals surface area (Å²) in [6, 6.07) is 4.21. The van der Waals surface area contributed by atoms with Gasteiger partial charge in [0, 0.05) is 10.5 Å². The van der Waals surface area contributed by atoms with E-state index in [0.717, 1.165) is 16.4 Å². The Hall–Kier alpha value is -0.170. The average Bonchev–Trinajstić information content (AvgIpc) is 1.97. The molecule has 0 saturated carbocycles. The highest BCUT2D eigenvalue weighted by molar-refractivity contribution is 8.16. The van der Waals surface area contributed by atoms with E-state index >= 15 is 0 Å². The van der Waals surface area contributed by atoms with Crippen molar-refractivity contribution in [1.82, 2.24) is 0 Å². The molecule has 90 valence electrons. The molecular weight excluding hydrogens is 235 g/mol. The molecule has 0 fully saturated rings. The Bertz CT molecular complexity index is 434. The lowest BCUT2D eigenvalue weighted by molar-refractivity contribution is 0.585. The fraction of sp³-hybridized carbons (Fsp3) is 0.538. The highest BCUT2D eigenvalue weighted by atomic mass is 32.4. The van der Waals surface area contributed by atoms with Gasteiger partial charge in [0.15, 0.2) is 0 Å². The normalized spacial score (nSPS) is 15.9. The lowest BCUT2D eigenvalue weighted by Crippen LogP contribution is -2.26. The van der Waals surface area contributed by atoms with Gasteiger partial charge < -0.3 is 4.89 Å². The predicted molar refractivity (Wildman–Crippen MR) is 76.5 cm³/mol. The molecule has 1 aromatic rings. The van der Waals surface area contributed by atoms with Crippen LogP contribution in [0.25, 0.3) is 0 Å². The second-order valence-corrected chi connectivity index (χ2v) is 10.0. The summed E-state index contributed by atoms with van der Waals surface area (Å²) in [7, 11) is 0. The third-order valence-electron chi connectivity index (χ3n) is 2.85. The van der Waals surface area contributed by atoms with E-state index in [9.17, 15) is 4.89 Å². The van der Waals surface area contributed by atoms with Crippen molar-refractivity contribution in [1.29, 1.82) is 0 Å². The van der Waals surface area contributed by atoms with Gasteiger partial charge in [0.2, 0.25) is 0 Å². The molecule has 3 heteroatoms. The maximum Gasteiger partial charge on any atom is 0.0969 e. The minimum absolute atomic E-state index is 0.243. The third-order valence-corrected chi connectivity index (χ3v) is 8.17. The molecule has 0 aliphatic heterocycles. The summed E-state index contributed by atoms with van der Waals surface area (Å²) in [5.41, 5.74) is 3.47. The van der Waals surface area contributed by atoms with Crippen molar-refractivity contribution in [2.24, 2.45) is 0 Å². The monoisotopic (exact) mass is 256 g/mol. The molecule has 0 aromatic heterocycles. The number of hydrogen-bond donors (Lipinski definition) is 1. The van der Waals surface area contributed by atoms with E-state index in [-0.39, 0.29) is 5.16 Å². The van der Waals surface area contributed by atoms with E-state index in [0.29, 0.717) is 0 Å². The van der Waals surface area contributed by atoms with Crippen LogP contribution in [0.2, 0.25) is 0 Å². The van der Waals surface area contributed by atoms with Crippen LogP contribution in [0.4, 0.5) is 0 Å². The van der Waals surface area contributed by atoms with Crippen LogP contribution < -0.4 is 5.30 Å². The van der Waals surface area contributed by atoms with Gasteiger partial charge in [0.25, 0.3) is 0 Å². The van der Waals surface area contributed by atoms with Gasteiger partial charge in [0.05, 0.1) is 6.26 Å². The van der Waals surface area contributed by atoms with Gasteiger partial charge in [-0.3, -0.25) is 0 Å². The zero-order valence-electron chi connectivity index (χ0n) is 11.0. The molecular formula is C13H21OPS. The largest absolute Gasteiger partial charge is 0.361 e. The van der Waals surface area contributed by atoms with Crippen LogP contribution in [0.15, 0.2) is 12.1 Å². The SMILES string of the molecule is Cc1cc(C)c(P(O)(=S)C(C)(C)C)c(C)c1. The summed E-state index contributed by atoms with van der Waals surface area (Å²) >= 11 is 5.53. The van der Waals surface area contributed by atoms with Crippen LogP contribution in [0.1, 0.15) is 37.5 Å². The van der Waals surface area contributed by atoms with Gasteiger partial charge in [0.1, 0.15) is 0 Å². The van der Waals surface area contributed by atoms with Crippen LogP contribution in [0.3, 0.4) is 0 Å². The molecule has 0 aliphatic rings. The lowest BCUT2D eigenvalue weighted by atomic mass is 10.1. The molecule has 0 bridgehead atoms. The summed E-state index contributed by atoms with van der Waals surface area (Å²) in [6.07, 6.45) is -2.49. The second kappa shape index (κ2) is 4.25. The topological polar surface area (TPSA) is 20.2 Å². The van der Waals surface area contributed by atoms with Crippen molar-refractivity contribution in [3.63, 3.8) is 0 Å². The molecule has 0 aliphatic carbocycles. The summed E-state index contributed by atoms with van der Waals surface area (Å²) < 4.78 is 0. The quantitative estimate of drug-likeness (QED) is 0.777. The van der Waals surface area contributed by atoms with Crippen molar-refractivity contribution in [3.8, 4) is 0 Å². The average molecular weight is 256 g/mol. The van der Waals surface area contributed by atoms with E-state index in [1.165, 1.54) is 5.56 Å². The third kappa shape index (κ3) is 2.40. The maximum atomic E-state index is 10.7. The van der Waals surface area contributed by atoms with Crippen LogP contribution in [0.5, 0.6) is 0 Å². The minimum Gasteiger partial charge on any atom is -0.361 e. The van der Waals surface area contributed by atoms with Gasteiger partial charge in [-0.15, -0.1) is 0 Å². The fourth-order valence-corrected chi connectivity index (χ4v) is 4.61. The Balaban J connectivity index is 3.52. The van der Waals surface area contributed by atoms with Crippen LogP contribution in [-0.2, 0) is 11.8 Å². The number of rotatable bonds is 1. The molecule has 1 N–H and O–H groups in total. The zero-order valence-corrected chi connectivity index (χ0v) is 12.7. The van der Waals surface area contributed by atoms with Crippen LogP contribution in [-0.4, -0.2) is 10.0 Å². The summed E-state index contributed by atoms with van der Waals surface area (Å²) in [4.78, 5) is 10.7. The first-order chi connectivity index (χ1) is 7.07. The zero-order chi connectivity index (χ0) is 12.7. The molecule has 16 heavy (non-hydrogen) atoms. The molecule has 1 atom stereocenters. The summed E-state index contributed by atoms with van der Waals surface area (Å²) in [6.45, 7) is 12.2. The van der Waals surface area contributed by atoms with E-state index in [1.54, 1.807) is 0 Å². The van der Waals surface area contributed by atoms with Crippen LogP contribution >= 0.6 is 6.26 Å². The maximum absolute atomic E-state index is 10.7. The van der Waals surface area contributed by atoms with Gasteiger partial charge in [-0.2, -0.15) is 0 Å². The molecule has 0 amide bonds. The summed E-state index contributed by atoms with van der Waals surface area (Å²) in [5, 5.41) is 0.758. The lowest BCUT2D eigenvalue weighted by Gasteiger charge is -2.32. The van der Waals surface area contributed by atoms with Crippen molar-refractivity contribution in [2.45, 2.75) is 46.7 Å². The molecule has 0 spiro atoms. The molecule has 1 aromatic carbocycles. The smallest absolute Gasteiger partial charge is 0.0969 e. The van der Waals surface area contributed by atoms with Gasteiger partial charge in [-0.05, 0) is 31.9 Å². The molecule has 1 rings (SSSR count). The Labute approximate surface area is 104 Å². The first-order valence-corrected chi connectivity index (χ1v) is 8.24. The van der Waals surface area contributed by atoms with Crippen molar-refractivity contribution < 1.29 is 4.89 Å². The first-order valence-electron chi connectivity index (χ1n) is 5.48. The van der Waals surface area contributed by atoms with Crippen LogP contribution in [0, 0.1) is 20.8 Å². The van der Waals surface area contributed by atoms with Gasteiger partial charge in [-0.25, -0.2) is 0 Å². The van der Waals surface area contributed by atoms with E-state index in [1.807, 2.05) is 34.6 Å². The van der Waals surface area contributed by atoms with E-state index in [2.05, 4.69) is 19.1 Å². The Kier molecular flexibility index (Phi) is 3.69. The van der Waals surface area contributed by atoms with E-state index in [4.69, 9.17) is 11.8 Å². The van der Waals surface area contributed by atoms with Crippen molar-refractivity contribution in [2.75, 3.05) is 0 Å². The van der Waals surface area contributed by atoms with Crippen molar-refractivity contribution in [3.05, 3.63) is 28.8 Å². The first kappa shape index (κ1) is 13.9. The predicted octanol–water partition coefficient (Wildman–Crippen LogP) is 3.42. The highest BCUT2D eigenvalue weighted by Gasteiger charge is 2.33. The second-order valence-electron chi connectivity index (χ2n) is 5.49. The number of hydrogen-bond acceptors (Lipinski definition) is 1. The standard InChI is InChI=1S/C13H21OPS/c1-9-7-10(2)12(11(3)8-9)15(14,16)13(4,5)6/h7-8H,1-6H3,(H,14,16). The molecule has 0 saturated heterocycles. The Morgan fingerprint density at radius 1 is 1.06 bits per heavy atom. The fourth-order valence-electron chi connectivity index (χ4n) is 1.99. The molecule has 1 unspecified atom stereocenters.